The van der Waals surface area contributed by atoms with Gasteiger partial charge in [0.2, 0.25) is 0 Å². The van der Waals surface area contributed by atoms with Gasteiger partial charge in [-0.3, -0.25) is 10.1 Å². The average Bonchev–Trinajstić information content (AvgIpc) is 2.43. The maximum Gasteiger partial charge on any atom is 0.319 e. The van der Waals surface area contributed by atoms with Crippen molar-refractivity contribution >= 4 is 50.9 Å². The van der Waals surface area contributed by atoms with E-state index in [2.05, 4.69) is 22.5 Å². The van der Waals surface area contributed by atoms with Crippen LogP contribution in [0.4, 0.5) is 0 Å². The number of rotatable bonds is 6. The second kappa shape index (κ2) is 8.97. The molecule has 0 aromatic rings. The number of hydrogen-bond acceptors (Lipinski definition) is 4. The molecule has 0 radical (unpaired) electrons. The molecule has 8 heteroatoms. The summed E-state index contributed by atoms with van der Waals surface area (Å²) < 4.78 is 0.0413. The van der Waals surface area contributed by atoms with Crippen molar-refractivity contribution in [1.82, 2.24) is 4.90 Å². The van der Waals surface area contributed by atoms with E-state index in [0.29, 0.717) is 10.8 Å². The lowest BCUT2D eigenvalue weighted by molar-refractivity contribution is -0.421. The van der Waals surface area contributed by atoms with Crippen molar-refractivity contribution in [3.63, 3.8) is 0 Å². The summed E-state index contributed by atoms with van der Waals surface area (Å²) in [5.74, 6) is 0.577. The monoisotopic (exact) mass is 400 g/mol. The van der Waals surface area contributed by atoms with Crippen LogP contribution < -0.4 is 0 Å². The van der Waals surface area contributed by atoms with Gasteiger partial charge >= 0.3 is 5.70 Å². The van der Waals surface area contributed by atoms with Crippen molar-refractivity contribution in [2.45, 2.75) is 19.3 Å². The molecule has 0 saturated carbocycles. The van der Waals surface area contributed by atoms with Crippen molar-refractivity contribution in [2.75, 3.05) is 18.8 Å². The van der Waals surface area contributed by atoms with Crippen LogP contribution in [0.5, 0.6) is 0 Å². The van der Waals surface area contributed by atoms with Crippen LogP contribution in [-0.2, 0) is 0 Å². The Kier molecular flexibility index (Phi) is 8.02. The fourth-order valence-electron chi connectivity index (χ4n) is 1.89. The van der Waals surface area contributed by atoms with E-state index < -0.39 is 4.92 Å². The third-order valence-electron chi connectivity index (χ3n) is 2.74. The van der Waals surface area contributed by atoms with Crippen molar-refractivity contribution in [2.24, 2.45) is 0 Å². The van der Waals surface area contributed by atoms with Crippen LogP contribution in [0.1, 0.15) is 19.3 Å². The van der Waals surface area contributed by atoms with E-state index in [1.807, 2.05) is 4.90 Å². The number of nitro groups is 1. The standard InChI is InChI=1S/C12H15BrCl2N2O2S/c1-2-8-20-12(16-6-4-3-5-7-16)10(17(18)19)9(14)11(13)15/h2H,1,3-8H2. The van der Waals surface area contributed by atoms with Gasteiger partial charge in [0.1, 0.15) is 8.97 Å². The fourth-order valence-corrected chi connectivity index (χ4v) is 3.33. The van der Waals surface area contributed by atoms with E-state index >= 15 is 0 Å². The molecule has 1 aliphatic rings. The van der Waals surface area contributed by atoms with Crippen LogP contribution in [0.2, 0.25) is 0 Å². The lowest BCUT2D eigenvalue weighted by Crippen LogP contribution is -2.30. The zero-order valence-electron chi connectivity index (χ0n) is 10.8. The van der Waals surface area contributed by atoms with Crippen LogP contribution >= 0.6 is 50.9 Å². The maximum absolute atomic E-state index is 11.4. The van der Waals surface area contributed by atoms with E-state index in [4.69, 9.17) is 23.2 Å². The van der Waals surface area contributed by atoms with Gasteiger partial charge in [0, 0.05) is 18.8 Å². The van der Waals surface area contributed by atoms with Gasteiger partial charge in [0.25, 0.3) is 0 Å². The van der Waals surface area contributed by atoms with Crippen LogP contribution in [0.25, 0.3) is 0 Å². The summed E-state index contributed by atoms with van der Waals surface area (Å²) in [6.07, 6.45) is 4.89. The molecule has 1 saturated heterocycles. The van der Waals surface area contributed by atoms with E-state index in [1.54, 1.807) is 6.08 Å². The number of thioether (sulfide) groups is 1. The summed E-state index contributed by atoms with van der Waals surface area (Å²) in [6.45, 7) is 5.23. The first-order valence-corrected chi connectivity index (χ1v) is 8.61. The Morgan fingerprint density at radius 1 is 1.40 bits per heavy atom. The van der Waals surface area contributed by atoms with Crippen LogP contribution in [0, 0.1) is 10.1 Å². The molecule has 20 heavy (non-hydrogen) atoms. The van der Waals surface area contributed by atoms with Crippen LogP contribution in [-0.4, -0.2) is 28.7 Å². The molecule has 1 heterocycles. The van der Waals surface area contributed by atoms with Gasteiger partial charge in [-0.1, -0.05) is 41.0 Å². The molecule has 0 atom stereocenters. The Hall–Kier alpha value is -0.170. The zero-order chi connectivity index (χ0) is 15.1. The molecule has 112 valence electrons. The minimum Gasteiger partial charge on any atom is -0.361 e. The summed E-state index contributed by atoms with van der Waals surface area (Å²) in [7, 11) is 0. The minimum atomic E-state index is -0.480. The Bertz CT molecular complexity index is 445. The molecule has 0 aromatic carbocycles. The average molecular weight is 402 g/mol. The largest absolute Gasteiger partial charge is 0.361 e. The Labute approximate surface area is 141 Å². The van der Waals surface area contributed by atoms with Gasteiger partial charge in [0.05, 0.1) is 4.92 Å². The quantitative estimate of drug-likeness (QED) is 0.275. The fraction of sp³-hybridized carbons (Fsp3) is 0.500. The summed E-state index contributed by atoms with van der Waals surface area (Å²) in [4.78, 5) is 12.9. The van der Waals surface area contributed by atoms with E-state index in [0.717, 1.165) is 32.4 Å². The molecule has 0 aliphatic carbocycles. The maximum atomic E-state index is 11.4. The lowest BCUT2D eigenvalue weighted by Gasteiger charge is -2.30. The Morgan fingerprint density at radius 3 is 2.45 bits per heavy atom. The molecule has 0 spiro atoms. The molecule has 4 nitrogen and oxygen atoms in total. The van der Waals surface area contributed by atoms with Crippen molar-refractivity contribution in [3.05, 3.63) is 42.5 Å². The highest BCUT2D eigenvalue weighted by molar-refractivity contribution is 9.12. The SMILES string of the molecule is C=CCSC(=C(C(Cl)=C(Cl)Br)[N+](=O)[O-])N1CCCCC1. The van der Waals surface area contributed by atoms with Gasteiger partial charge < -0.3 is 4.90 Å². The normalized spacial score (nSPS) is 18.2. The molecule has 0 unspecified atom stereocenters. The minimum absolute atomic E-state index is 0.0413. The first kappa shape index (κ1) is 17.9. The first-order chi connectivity index (χ1) is 9.49. The van der Waals surface area contributed by atoms with Gasteiger partial charge in [-0.05, 0) is 35.2 Å². The van der Waals surface area contributed by atoms with Gasteiger partial charge in [-0.15, -0.1) is 6.58 Å². The predicted octanol–water partition coefficient (Wildman–Crippen LogP) is 4.88. The second-order valence-corrected chi connectivity index (χ2v) is 7.15. The topological polar surface area (TPSA) is 46.4 Å². The third kappa shape index (κ3) is 4.98. The molecule has 1 rings (SSSR count). The molecule has 0 N–H and O–H groups in total. The third-order valence-corrected chi connectivity index (χ3v) is 5.15. The molecule has 0 bridgehead atoms. The number of nitrogens with zero attached hydrogens (tertiary/aromatic N) is 2. The van der Waals surface area contributed by atoms with E-state index in [9.17, 15) is 10.1 Å². The summed E-state index contributed by atoms with van der Waals surface area (Å²) in [6, 6.07) is 0. The Balaban J connectivity index is 3.25. The molecule has 0 aromatic heterocycles. The number of piperidine rings is 1. The highest BCUT2D eigenvalue weighted by atomic mass is 79.9. The van der Waals surface area contributed by atoms with Crippen molar-refractivity contribution < 1.29 is 4.92 Å². The number of allylic oxidation sites excluding steroid dienone is 1. The van der Waals surface area contributed by atoms with Crippen molar-refractivity contribution in [1.29, 1.82) is 0 Å². The smallest absolute Gasteiger partial charge is 0.319 e. The van der Waals surface area contributed by atoms with Crippen molar-refractivity contribution in [3.8, 4) is 0 Å². The first-order valence-electron chi connectivity index (χ1n) is 6.07. The highest BCUT2D eigenvalue weighted by Crippen LogP contribution is 2.35. The lowest BCUT2D eigenvalue weighted by atomic mass is 10.1. The van der Waals surface area contributed by atoms with Gasteiger partial charge in [-0.25, -0.2) is 0 Å². The summed E-state index contributed by atoms with van der Waals surface area (Å²) in [5.41, 5.74) is -0.151. The molecule has 1 fully saturated rings. The zero-order valence-corrected chi connectivity index (χ0v) is 14.7. The van der Waals surface area contributed by atoms with Crippen LogP contribution in [0.3, 0.4) is 0 Å². The second-order valence-electron chi connectivity index (χ2n) is 4.13. The van der Waals surface area contributed by atoms with Gasteiger partial charge in [-0.2, -0.15) is 0 Å². The highest BCUT2D eigenvalue weighted by Gasteiger charge is 2.29. The molecular formula is C12H15BrCl2N2O2S. The van der Waals surface area contributed by atoms with E-state index in [1.165, 1.54) is 11.8 Å². The summed E-state index contributed by atoms with van der Waals surface area (Å²) in [5, 5.41) is 11.9. The van der Waals surface area contributed by atoms with Crippen LogP contribution in [0.15, 0.2) is 32.4 Å². The molecule has 1 aliphatic heterocycles. The Morgan fingerprint density at radius 2 is 2.00 bits per heavy atom. The number of likely N-dealkylation sites (tertiary alicyclic amines) is 1. The van der Waals surface area contributed by atoms with E-state index in [-0.39, 0.29) is 14.7 Å². The number of halogens is 3. The summed E-state index contributed by atoms with van der Waals surface area (Å²) >= 11 is 16.1. The predicted molar refractivity (Wildman–Crippen MR) is 89.8 cm³/mol. The van der Waals surface area contributed by atoms with Gasteiger partial charge in [0.15, 0.2) is 5.03 Å². The number of hydrogen-bond donors (Lipinski definition) is 0. The molecule has 0 amide bonds. The molecular weight excluding hydrogens is 387 g/mol.